The van der Waals surface area contributed by atoms with Crippen LogP contribution < -0.4 is 10.6 Å². The van der Waals surface area contributed by atoms with E-state index in [4.69, 9.17) is 5.73 Å². The average Bonchev–Trinajstić information content (AvgIpc) is 2.95. The second kappa shape index (κ2) is 6.17. The van der Waals surface area contributed by atoms with E-state index in [1.165, 1.54) is 0 Å². The van der Waals surface area contributed by atoms with Crippen molar-refractivity contribution in [1.29, 1.82) is 0 Å². The van der Waals surface area contributed by atoms with E-state index in [0.717, 1.165) is 10.6 Å². The number of hydrogen-bond donors (Lipinski definition) is 1. The van der Waals surface area contributed by atoms with Crippen LogP contribution in [0.15, 0.2) is 29.2 Å². The maximum atomic E-state index is 12.5. The Kier molecular flexibility index (Phi) is 4.54. The third-order valence-electron chi connectivity index (χ3n) is 3.59. The molecule has 1 heterocycles. The summed E-state index contributed by atoms with van der Waals surface area (Å²) in [4.78, 5) is 28.0. The number of carbonyl (C=O) groups is 2. The van der Waals surface area contributed by atoms with Gasteiger partial charge < -0.3 is 10.6 Å². The zero-order chi connectivity index (χ0) is 14.7. The van der Waals surface area contributed by atoms with Crippen molar-refractivity contribution in [3.63, 3.8) is 0 Å². The number of benzene rings is 1. The van der Waals surface area contributed by atoms with Gasteiger partial charge in [0, 0.05) is 25.0 Å². The standard InChI is InChI=1S/C14H19N3O2S/c1-16(11-5-3-4-6-12(11)20-2)14(19)17-8-7-10(9-17)13(15)18/h3-6,10H,7-9H2,1-2H3,(H2,15,18)/t10-/m0/s1. The molecule has 108 valence electrons. The Balaban J connectivity index is 2.11. The smallest absolute Gasteiger partial charge is 0.324 e. The lowest BCUT2D eigenvalue weighted by Gasteiger charge is -2.26. The molecule has 1 aromatic carbocycles. The number of amides is 3. The highest BCUT2D eigenvalue weighted by Crippen LogP contribution is 2.29. The van der Waals surface area contributed by atoms with Gasteiger partial charge in [-0.25, -0.2) is 4.79 Å². The predicted molar refractivity (Wildman–Crippen MR) is 80.9 cm³/mol. The third-order valence-corrected chi connectivity index (χ3v) is 4.38. The predicted octanol–water partition coefficient (Wildman–Crippen LogP) is 1.77. The van der Waals surface area contributed by atoms with Crippen LogP contribution in [0.3, 0.4) is 0 Å². The maximum absolute atomic E-state index is 12.5. The van der Waals surface area contributed by atoms with Crippen LogP contribution in [-0.4, -0.2) is 43.2 Å². The summed E-state index contributed by atoms with van der Waals surface area (Å²) in [6, 6.07) is 7.68. The number of carbonyl (C=O) groups excluding carboxylic acids is 2. The molecule has 1 aliphatic heterocycles. The summed E-state index contributed by atoms with van der Waals surface area (Å²) in [5.41, 5.74) is 6.18. The van der Waals surface area contributed by atoms with E-state index >= 15 is 0 Å². The first-order valence-corrected chi connectivity index (χ1v) is 7.72. The van der Waals surface area contributed by atoms with Crippen LogP contribution in [0.25, 0.3) is 0 Å². The Hall–Kier alpha value is -1.69. The van der Waals surface area contributed by atoms with Gasteiger partial charge in [0.25, 0.3) is 0 Å². The van der Waals surface area contributed by atoms with Gasteiger partial charge in [0.1, 0.15) is 0 Å². The molecule has 0 radical (unpaired) electrons. The van der Waals surface area contributed by atoms with Crippen molar-refractivity contribution in [2.45, 2.75) is 11.3 Å². The summed E-state index contributed by atoms with van der Waals surface area (Å²) in [7, 11) is 1.76. The average molecular weight is 293 g/mol. The molecule has 1 fully saturated rings. The number of para-hydroxylation sites is 1. The summed E-state index contributed by atoms with van der Waals surface area (Å²) in [6.45, 7) is 0.998. The summed E-state index contributed by atoms with van der Waals surface area (Å²) in [6.07, 6.45) is 2.63. The van der Waals surface area contributed by atoms with Crippen molar-refractivity contribution in [2.24, 2.45) is 11.7 Å². The van der Waals surface area contributed by atoms with E-state index in [-0.39, 0.29) is 17.9 Å². The molecule has 0 bridgehead atoms. The number of rotatable bonds is 3. The first kappa shape index (κ1) is 14.7. The molecule has 3 amide bonds. The lowest BCUT2D eigenvalue weighted by molar-refractivity contribution is -0.121. The van der Waals surface area contributed by atoms with Crippen molar-refractivity contribution in [2.75, 3.05) is 31.3 Å². The monoisotopic (exact) mass is 293 g/mol. The van der Waals surface area contributed by atoms with Crippen LogP contribution in [0, 0.1) is 5.92 Å². The highest BCUT2D eigenvalue weighted by atomic mass is 32.2. The van der Waals surface area contributed by atoms with Crippen molar-refractivity contribution in [3.8, 4) is 0 Å². The molecule has 6 heteroatoms. The Morgan fingerprint density at radius 1 is 1.40 bits per heavy atom. The number of hydrogen-bond acceptors (Lipinski definition) is 3. The highest BCUT2D eigenvalue weighted by molar-refractivity contribution is 7.98. The largest absolute Gasteiger partial charge is 0.369 e. The zero-order valence-corrected chi connectivity index (χ0v) is 12.5. The molecular formula is C14H19N3O2S. The van der Waals surface area contributed by atoms with E-state index < -0.39 is 0 Å². The Morgan fingerprint density at radius 2 is 2.10 bits per heavy atom. The molecule has 5 nitrogen and oxygen atoms in total. The number of primary amides is 1. The fraction of sp³-hybridized carbons (Fsp3) is 0.429. The summed E-state index contributed by atoms with van der Waals surface area (Å²) >= 11 is 1.60. The highest BCUT2D eigenvalue weighted by Gasteiger charge is 2.31. The number of nitrogens with two attached hydrogens (primary N) is 1. The minimum atomic E-state index is -0.326. The van der Waals surface area contributed by atoms with Crippen molar-refractivity contribution in [1.82, 2.24) is 4.90 Å². The molecule has 2 rings (SSSR count). The Morgan fingerprint density at radius 3 is 2.70 bits per heavy atom. The summed E-state index contributed by atoms with van der Waals surface area (Å²) in [5.74, 6) is -0.546. The van der Waals surface area contributed by atoms with E-state index in [1.54, 1.807) is 28.6 Å². The SMILES string of the molecule is CSc1ccccc1N(C)C(=O)N1CC[C@H](C(N)=O)C1. The molecule has 1 aromatic rings. The van der Waals surface area contributed by atoms with Crippen LogP contribution in [-0.2, 0) is 4.79 Å². The minimum absolute atomic E-state index is 0.0877. The first-order valence-electron chi connectivity index (χ1n) is 6.49. The molecule has 20 heavy (non-hydrogen) atoms. The molecule has 0 saturated carbocycles. The number of urea groups is 1. The Bertz CT molecular complexity index is 521. The molecule has 0 unspecified atom stereocenters. The van der Waals surface area contributed by atoms with E-state index in [0.29, 0.717) is 19.5 Å². The second-order valence-electron chi connectivity index (χ2n) is 4.85. The van der Waals surface area contributed by atoms with E-state index in [2.05, 4.69) is 0 Å². The lowest BCUT2D eigenvalue weighted by Crippen LogP contribution is -2.41. The lowest BCUT2D eigenvalue weighted by atomic mass is 10.1. The molecule has 2 N–H and O–H groups in total. The van der Waals surface area contributed by atoms with Crippen LogP contribution in [0.4, 0.5) is 10.5 Å². The quantitative estimate of drug-likeness (QED) is 0.864. The number of likely N-dealkylation sites (tertiary alicyclic amines) is 1. The van der Waals surface area contributed by atoms with Crippen molar-refractivity contribution < 1.29 is 9.59 Å². The fourth-order valence-electron chi connectivity index (χ4n) is 2.39. The summed E-state index contributed by atoms with van der Waals surface area (Å²) < 4.78 is 0. The summed E-state index contributed by atoms with van der Waals surface area (Å²) in [5, 5.41) is 0. The van der Waals surface area contributed by atoms with Gasteiger partial charge in [-0.2, -0.15) is 0 Å². The van der Waals surface area contributed by atoms with Crippen LogP contribution >= 0.6 is 11.8 Å². The topological polar surface area (TPSA) is 66.6 Å². The zero-order valence-electron chi connectivity index (χ0n) is 11.7. The maximum Gasteiger partial charge on any atom is 0.324 e. The first-order chi connectivity index (χ1) is 9.54. The second-order valence-corrected chi connectivity index (χ2v) is 5.70. The number of thioether (sulfide) groups is 1. The molecule has 1 saturated heterocycles. The van der Waals surface area contributed by atoms with Crippen LogP contribution in [0.5, 0.6) is 0 Å². The normalized spacial score (nSPS) is 18.1. The third kappa shape index (κ3) is 2.90. The van der Waals surface area contributed by atoms with E-state index in [1.807, 2.05) is 30.5 Å². The number of anilines is 1. The number of nitrogens with zero attached hydrogens (tertiary/aromatic N) is 2. The van der Waals surface area contributed by atoms with E-state index in [9.17, 15) is 9.59 Å². The van der Waals surface area contributed by atoms with Gasteiger partial charge in [0.15, 0.2) is 0 Å². The van der Waals surface area contributed by atoms with Crippen LogP contribution in [0.1, 0.15) is 6.42 Å². The molecule has 1 atom stereocenters. The van der Waals surface area contributed by atoms with Gasteiger partial charge >= 0.3 is 6.03 Å². The van der Waals surface area contributed by atoms with Crippen molar-refractivity contribution >= 4 is 29.4 Å². The van der Waals surface area contributed by atoms with Crippen molar-refractivity contribution in [3.05, 3.63) is 24.3 Å². The van der Waals surface area contributed by atoms with Gasteiger partial charge in [-0.15, -0.1) is 11.8 Å². The minimum Gasteiger partial charge on any atom is -0.369 e. The molecule has 0 aromatic heterocycles. The fourth-order valence-corrected chi connectivity index (χ4v) is 3.02. The molecule has 0 aliphatic carbocycles. The molecular weight excluding hydrogens is 274 g/mol. The van der Waals surface area contributed by atoms with Gasteiger partial charge in [-0.05, 0) is 24.8 Å². The molecule has 0 spiro atoms. The van der Waals surface area contributed by atoms with Gasteiger partial charge in [-0.3, -0.25) is 9.69 Å². The Labute approximate surface area is 123 Å². The van der Waals surface area contributed by atoms with Gasteiger partial charge in [0.05, 0.1) is 11.6 Å². The van der Waals surface area contributed by atoms with Gasteiger partial charge in [-0.1, -0.05) is 12.1 Å². The van der Waals surface area contributed by atoms with Gasteiger partial charge in [0.2, 0.25) is 5.91 Å². The molecule has 1 aliphatic rings. The van der Waals surface area contributed by atoms with Crippen LogP contribution in [0.2, 0.25) is 0 Å².